The monoisotopic (exact) mass is 413 g/mol. The number of carbonyl (C=O) groups excluding carboxylic acids is 1. The number of benzene rings is 1. The molecule has 3 aliphatic rings. The Bertz CT molecular complexity index is 811. The summed E-state index contributed by atoms with van der Waals surface area (Å²) in [6.07, 6.45) is 1.31. The molecule has 1 aromatic rings. The maximum atomic E-state index is 12.7. The van der Waals surface area contributed by atoms with Gasteiger partial charge in [-0.25, -0.2) is 0 Å². The standard InChI is InChI=1S/C24H35N3O3/c1-17-5-7-18(8-6-17)27-13-11-26(12-14-27)15-19(28)16-30-25-22-21(29)20-9-10-24(22,4)23(20,2)3/h5-8,19-20,28H,9-16H2,1-4H3/b25-22+/t19?,20-,24+/m0/s1. The number of Topliss-reactive ketones (excluding diaryl/α,β-unsaturated/α-hetero) is 1. The van der Waals surface area contributed by atoms with Crippen molar-refractivity contribution in [1.82, 2.24) is 4.90 Å². The molecule has 1 unspecified atom stereocenters. The Hall–Kier alpha value is -1.92. The molecule has 0 spiro atoms. The third-order valence-electron chi connectivity index (χ3n) is 7.96. The first-order valence-corrected chi connectivity index (χ1v) is 11.2. The first-order valence-electron chi connectivity index (χ1n) is 11.2. The highest BCUT2D eigenvalue weighted by Gasteiger charge is 2.65. The van der Waals surface area contributed by atoms with Crippen molar-refractivity contribution in [2.24, 2.45) is 21.9 Å². The summed E-state index contributed by atoms with van der Waals surface area (Å²) in [6, 6.07) is 8.64. The summed E-state index contributed by atoms with van der Waals surface area (Å²) in [6.45, 7) is 12.9. The van der Waals surface area contributed by atoms with E-state index >= 15 is 0 Å². The van der Waals surface area contributed by atoms with Crippen LogP contribution in [0.25, 0.3) is 0 Å². The second kappa shape index (κ2) is 7.97. The molecule has 0 aromatic heterocycles. The zero-order chi connectivity index (χ0) is 21.5. The number of hydrogen-bond acceptors (Lipinski definition) is 6. The number of aryl methyl sites for hydroxylation is 1. The van der Waals surface area contributed by atoms with Crippen LogP contribution in [0.1, 0.15) is 39.2 Å². The lowest BCUT2D eigenvalue weighted by Crippen LogP contribution is -2.49. The van der Waals surface area contributed by atoms with Crippen LogP contribution in [0.5, 0.6) is 0 Å². The predicted octanol–water partition coefficient (Wildman–Crippen LogP) is 2.88. The number of hydrogen-bond donors (Lipinski definition) is 1. The maximum absolute atomic E-state index is 12.7. The molecule has 2 saturated carbocycles. The molecule has 3 atom stereocenters. The second-order valence-electron chi connectivity index (χ2n) is 10.0. The minimum atomic E-state index is -0.616. The molecule has 1 N–H and O–H groups in total. The number of rotatable bonds is 6. The van der Waals surface area contributed by atoms with Gasteiger partial charge in [0, 0.05) is 49.7 Å². The van der Waals surface area contributed by atoms with Crippen molar-refractivity contribution in [3.63, 3.8) is 0 Å². The molecule has 0 amide bonds. The number of fused-ring (bicyclic) bond motifs is 2. The largest absolute Gasteiger partial charge is 0.393 e. The van der Waals surface area contributed by atoms with Crippen LogP contribution >= 0.6 is 0 Å². The molecule has 164 valence electrons. The first kappa shape index (κ1) is 21.3. The van der Waals surface area contributed by atoms with E-state index in [0.717, 1.165) is 39.0 Å². The van der Waals surface area contributed by atoms with Gasteiger partial charge >= 0.3 is 0 Å². The van der Waals surface area contributed by atoms with E-state index in [0.29, 0.717) is 12.3 Å². The summed E-state index contributed by atoms with van der Waals surface area (Å²) in [5.41, 5.74) is 2.82. The van der Waals surface area contributed by atoms with E-state index in [2.05, 4.69) is 66.9 Å². The third kappa shape index (κ3) is 3.65. The van der Waals surface area contributed by atoms with E-state index in [4.69, 9.17) is 4.84 Å². The van der Waals surface area contributed by atoms with Gasteiger partial charge in [0.25, 0.3) is 0 Å². The maximum Gasteiger partial charge on any atom is 0.184 e. The zero-order valence-electron chi connectivity index (χ0n) is 18.7. The number of ketones is 1. The average molecular weight is 414 g/mol. The molecule has 3 fully saturated rings. The van der Waals surface area contributed by atoms with Gasteiger partial charge in [0.1, 0.15) is 18.4 Å². The highest BCUT2D eigenvalue weighted by molar-refractivity contribution is 6.45. The number of nitrogens with zero attached hydrogens (tertiary/aromatic N) is 3. The van der Waals surface area contributed by atoms with E-state index in [9.17, 15) is 9.90 Å². The number of aliphatic hydroxyl groups is 1. The molecule has 1 aromatic carbocycles. The van der Waals surface area contributed by atoms with Crippen LogP contribution in [0.4, 0.5) is 5.69 Å². The van der Waals surface area contributed by atoms with Gasteiger partial charge < -0.3 is 14.8 Å². The molecule has 1 heterocycles. The van der Waals surface area contributed by atoms with Crippen LogP contribution in [0, 0.1) is 23.7 Å². The van der Waals surface area contributed by atoms with E-state index in [1.54, 1.807) is 0 Å². The summed E-state index contributed by atoms with van der Waals surface area (Å²) in [5.74, 6) is 0.190. The molecule has 2 bridgehead atoms. The molecule has 6 heteroatoms. The minimum absolute atomic E-state index is 0.0552. The summed E-state index contributed by atoms with van der Waals surface area (Å²) in [4.78, 5) is 22.8. The Morgan fingerprint density at radius 1 is 1.17 bits per heavy atom. The Labute approximate surface area is 179 Å². The lowest BCUT2D eigenvalue weighted by molar-refractivity contribution is -0.117. The molecule has 6 nitrogen and oxygen atoms in total. The van der Waals surface area contributed by atoms with Crippen molar-refractivity contribution in [3.05, 3.63) is 29.8 Å². The van der Waals surface area contributed by atoms with Gasteiger partial charge in [0.05, 0.1) is 0 Å². The van der Waals surface area contributed by atoms with Gasteiger partial charge in [-0.1, -0.05) is 43.6 Å². The Morgan fingerprint density at radius 2 is 1.83 bits per heavy atom. The molecule has 4 rings (SSSR count). The summed E-state index contributed by atoms with van der Waals surface area (Å²) in [5, 5.41) is 14.6. The fraction of sp³-hybridized carbons (Fsp3) is 0.667. The second-order valence-corrected chi connectivity index (χ2v) is 10.0. The molecule has 2 aliphatic carbocycles. The zero-order valence-corrected chi connectivity index (χ0v) is 18.7. The van der Waals surface area contributed by atoms with Gasteiger partial charge in [0.15, 0.2) is 5.78 Å². The van der Waals surface area contributed by atoms with Crippen LogP contribution in [0.15, 0.2) is 29.4 Å². The van der Waals surface area contributed by atoms with E-state index in [1.807, 2.05) is 0 Å². The number of oxime groups is 1. The number of β-amino-alcohol motifs (C(OH)–C–C–N with tert-alkyl or cyclic N) is 1. The molecular formula is C24H35N3O3. The van der Waals surface area contributed by atoms with Crippen LogP contribution in [0.2, 0.25) is 0 Å². The van der Waals surface area contributed by atoms with Crippen LogP contribution in [-0.4, -0.2) is 66.9 Å². The van der Waals surface area contributed by atoms with Crippen molar-refractivity contribution in [1.29, 1.82) is 0 Å². The fourth-order valence-electron chi connectivity index (χ4n) is 5.45. The number of anilines is 1. The van der Waals surface area contributed by atoms with Gasteiger partial charge in [-0.15, -0.1) is 0 Å². The Balaban J connectivity index is 1.24. The number of aliphatic hydroxyl groups excluding tert-OH is 1. The minimum Gasteiger partial charge on any atom is -0.393 e. The van der Waals surface area contributed by atoms with Crippen LogP contribution in [-0.2, 0) is 9.63 Å². The van der Waals surface area contributed by atoms with Crippen LogP contribution in [0.3, 0.4) is 0 Å². The van der Waals surface area contributed by atoms with Crippen molar-refractivity contribution in [3.8, 4) is 0 Å². The van der Waals surface area contributed by atoms with Crippen molar-refractivity contribution >= 4 is 17.2 Å². The smallest absolute Gasteiger partial charge is 0.184 e. The molecule has 30 heavy (non-hydrogen) atoms. The van der Waals surface area contributed by atoms with E-state index < -0.39 is 6.10 Å². The molecule has 0 radical (unpaired) electrons. The Kier molecular flexibility index (Phi) is 5.66. The van der Waals surface area contributed by atoms with Crippen molar-refractivity contribution < 1.29 is 14.7 Å². The van der Waals surface area contributed by atoms with Gasteiger partial charge in [-0.3, -0.25) is 9.69 Å². The lowest BCUT2D eigenvalue weighted by Gasteiger charge is -2.36. The number of piperazine rings is 1. The van der Waals surface area contributed by atoms with Gasteiger partial charge in [-0.2, -0.15) is 0 Å². The van der Waals surface area contributed by atoms with E-state index in [-0.39, 0.29) is 29.1 Å². The van der Waals surface area contributed by atoms with Gasteiger partial charge in [0.2, 0.25) is 0 Å². The highest BCUT2D eigenvalue weighted by atomic mass is 16.6. The molecule has 1 saturated heterocycles. The average Bonchev–Trinajstić information content (AvgIpc) is 3.02. The topological polar surface area (TPSA) is 65.4 Å². The van der Waals surface area contributed by atoms with Crippen LogP contribution < -0.4 is 4.90 Å². The summed E-state index contributed by atoms with van der Waals surface area (Å²) >= 11 is 0. The fourth-order valence-corrected chi connectivity index (χ4v) is 5.45. The van der Waals surface area contributed by atoms with Gasteiger partial charge in [-0.05, 0) is 37.3 Å². The highest BCUT2D eigenvalue weighted by Crippen LogP contribution is 2.62. The third-order valence-corrected chi connectivity index (χ3v) is 7.96. The quantitative estimate of drug-likeness (QED) is 0.727. The normalized spacial score (nSPS) is 30.8. The summed E-state index contributed by atoms with van der Waals surface area (Å²) in [7, 11) is 0. The number of carbonyl (C=O) groups is 1. The molecule has 1 aliphatic heterocycles. The lowest BCUT2D eigenvalue weighted by atomic mass is 9.70. The summed E-state index contributed by atoms with van der Waals surface area (Å²) < 4.78 is 0. The predicted molar refractivity (Wildman–Crippen MR) is 119 cm³/mol. The first-order chi connectivity index (χ1) is 14.2. The Morgan fingerprint density at radius 3 is 2.43 bits per heavy atom. The van der Waals surface area contributed by atoms with Crippen molar-refractivity contribution in [2.45, 2.75) is 46.6 Å². The SMILES string of the molecule is Cc1ccc(N2CCN(CC(O)CO/N=C3\C(=O)[C@@H]4CC[C@@]3(C)C4(C)C)CC2)cc1. The van der Waals surface area contributed by atoms with E-state index in [1.165, 1.54) is 11.3 Å². The molecular weight excluding hydrogens is 378 g/mol. The van der Waals surface area contributed by atoms with Crippen molar-refractivity contribution in [2.75, 3.05) is 44.2 Å².